The van der Waals surface area contributed by atoms with E-state index in [4.69, 9.17) is 4.74 Å². The van der Waals surface area contributed by atoms with E-state index in [0.29, 0.717) is 12.2 Å². The third-order valence-electron chi connectivity index (χ3n) is 5.59. The number of benzene rings is 3. The molecule has 33 heavy (non-hydrogen) atoms. The molecule has 2 N–H and O–H groups in total. The monoisotopic (exact) mass is 446 g/mol. The average molecular weight is 446 g/mol. The highest BCUT2D eigenvalue weighted by Gasteiger charge is 2.21. The molecule has 4 aromatic rings. The van der Waals surface area contributed by atoms with Gasteiger partial charge in [-0.05, 0) is 66.1 Å². The summed E-state index contributed by atoms with van der Waals surface area (Å²) in [6, 6.07) is 21.4. The first-order chi connectivity index (χ1) is 15.9. The molecule has 0 spiro atoms. The summed E-state index contributed by atoms with van der Waals surface area (Å²) < 4.78 is 18.7. The lowest BCUT2D eigenvalue weighted by Gasteiger charge is -2.29. The summed E-state index contributed by atoms with van der Waals surface area (Å²) in [6.07, 6.45) is 0. The molecule has 168 valence electrons. The molecule has 0 aliphatic heterocycles. The molecule has 0 fully saturated rings. The van der Waals surface area contributed by atoms with Gasteiger partial charge in [-0.2, -0.15) is 0 Å². The molecule has 0 aromatic heterocycles. The Bertz CT molecular complexity index is 1330. The van der Waals surface area contributed by atoms with Crippen molar-refractivity contribution in [3.63, 3.8) is 0 Å². The molecule has 0 saturated heterocycles. The number of anilines is 4. The van der Waals surface area contributed by atoms with Crippen LogP contribution in [0.3, 0.4) is 0 Å². The van der Waals surface area contributed by atoms with Crippen LogP contribution in [0.25, 0.3) is 0 Å². The fourth-order valence-electron chi connectivity index (χ4n) is 3.68. The number of rotatable bonds is 8. The van der Waals surface area contributed by atoms with Crippen LogP contribution in [0.1, 0.15) is 18.4 Å². The van der Waals surface area contributed by atoms with Gasteiger partial charge < -0.3 is 20.1 Å². The molecule has 1 atom stereocenters. The first kappa shape index (κ1) is 22.1. The Morgan fingerprint density at radius 3 is 2.30 bits per heavy atom. The van der Waals surface area contributed by atoms with Gasteiger partial charge >= 0.3 is 0 Å². The SMILES string of the molecule is COc1ccc(N(CC(C)c2ccc(F)cc2)c2cccc(Nc3c(O)c(=O)c3=O)c2)cc1. The maximum Gasteiger partial charge on any atom is 0.271 e. The number of nitrogens with zero attached hydrogens (tertiary/aromatic N) is 1. The van der Waals surface area contributed by atoms with E-state index < -0.39 is 16.6 Å². The van der Waals surface area contributed by atoms with Crippen LogP contribution in [-0.2, 0) is 0 Å². The van der Waals surface area contributed by atoms with Crippen LogP contribution in [0, 0.1) is 5.82 Å². The second-order valence-corrected chi connectivity index (χ2v) is 7.82. The maximum atomic E-state index is 13.4. The summed E-state index contributed by atoms with van der Waals surface area (Å²) in [5.74, 6) is -0.0289. The Labute approximate surface area is 190 Å². The van der Waals surface area contributed by atoms with Gasteiger partial charge in [0.05, 0.1) is 7.11 Å². The van der Waals surface area contributed by atoms with Crippen molar-refractivity contribution in [3.8, 4) is 11.5 Å². The molecule has 4 aromatic carbocycles. The average Bonchev–Trinajstić information content (AvgIpc) is 2.85. The molecule has 0 heterocycles. The molecule has 0 bridgehead atoms. The largest absolute Gasteiger partial charge is 0.502 e. The fourth-order valence-corrected chi connectivity index (χ4v) is 3.68. The lowest BCUT2D eigenvalue weighted by atomic mass is 10.00. The first-order valence-corrected chi connectivity index (χ1v) is 10.4. The summed E-state index contributed by atoms with van der Waals surface area (Å²) >= 11 is 0. The van der Waals surface area contributed by atoms with Crippen LogP contribution in [-0.4, -0.2) is 18.8 Å². The number of aromatic hydroxyl groups is 1. The highest BCUT2D eigenvalue weighted by atomic mass is 19.1. The number of methoxy groups -OCH3 is 1. The fraction of sp³-hybridized carbons (Fsp3) is 0.154. The van der Waals surface area contributed by atoms with Crippen LogP contribution >= 0.6 is 0 Å². The van der Waals surface area contributed by atoms with Crippen molar-refractivity contribution in [2.75, 3.05) is 23.9 Å². The Balaban J connectivity index is 1.67. The Morgan fingerprint density at radius 2 is 1.67 bits per heavy atom. The highest BCUT2D eigenvalue weighted by molar-refractivity contribution is 5.74. The normalized spacial score (nSPS) is 11.8. The number of nitrogens with one attached hydrogen (secondary N) is 1. The van der Waals surface area contributed by atoms with Gasteiger partial charge in [0.25, 0.3) is 10.9 Å². The van der Waals surface area contributed by atoms with E-state index in [-0.39, 0.29) is 17.4 Å². The van der Waals surface area contributed by atoms with Gasteiger partial charge in [-0.1, -0.05) is 25.1 Å². The van der Waals surface area contributed by atoms with Crippen LogP contribution in [0.4, 0.5) is 27.1 Å². The van der Waals surface area contributed by atoms with Crippen molar-refractivity contribution in [1.29, 1.82) is 0 Å². The lowest BCUT2D eigenvalue weighted by Crippen LogP contribution is -2.32. The molecule has 0 aliphatic carbocycles. The molecule has 0 saturated carbocycles. The van der Waals surface area contributed by atoms with E-state index in [0.717, 1.165) is 22.7 Å². The van der Waals surface area contributed by atoms with Crippen LogP contribution in [0.5, 0.6) is 11.5 Å². The van der Waals surface area contributed by atoms with Crippen LogP contribution < -0.4 is 25.8 Å². The smallest absolute Gasteiger partial charge is 0.271 e. The summed E-state index contributed by atoms with van der Waals surface area (Å²) in [5, 5.41) is 12.5. The van der Waals surface area contributed by atoms with Gasteiger partial charge in [0.2, 0.25) is 0 Å². The summed E-state index contributed by atoms with van der Waals surface area (Å²) in [4.78, 5) is 25.1. The van der Waals surface area contributed by atoms with Crippen molar-refractivity contribution >= 4 is 22.7 Å². The second-order valence-electron chi connectivity index (χ2n) is 7.82. The molecule has 4 rings (SSSR count). The standard InChI is InChI=1S/C26H23FN2O4/c1-16(17-6-8-18(27)9-7-17)15-29(20-10-12-22(33-2)13-11-20)21-5-3-4-19(14-21)28-23-24(30)26(32)25(23)31/h3-14,16,28,30H,15H2,1-2H3. The van der Waals surface area contributed by atoms with Crippen molar-refractivity contribution in [3.05, 3.63) is 105 Å². The van der Waals surface area contributed by atoms with Crippen LogP contribution in [0.15, 0.2) is 82.4 Å². The summed E-state index contributed by atoms with van der Waals surface area (Å²) in [6.45, 7) is 2.65. The van der Waals surface area contributed by atoms with E-state index in [1.54, 1.807) is 25.3 Å². The Kier molecular flexibility index (Phi) is 6.13. The summed E-state index contributed by atoms with van der Waals surface area (Å²) in [7, 11) is 1.61. The lowest BCUT2D eigenvalue weighted by molar-refractivity contribution is 0.415. The van der Waals surface area contributed by atoms with Crippen molar-refractivity contribution in [1.82, 2.24) is 0 Å². The molecular formula is C26H23FN2O4. The van der Waals surface area contributed by atoms with E-state index in [2.05, 4.69) is 17.1 Å². The number of hydrogen-bond acceptors (Lipinski definition) is 6. The minimum atomic E-state index is -0.887. The van der Waals surface area contributed by atoms with Gasteiger partial charge in [0.1, 0.15) is 17.3 Å². The predicted molar refractivity (Wildman–Crippen MR) is 128 cm³/mol. The van der Waals surface area contributed by atoms with E-state index in [1.165, 1.54) is 12.1 Å². The zero-order valence-corrected chi connectivity index (χ0v) is 18.2. The zero-order valence-electron chi connectivity index (χ0n) is 18.2. The van der Waals surface area contributed by atoms with E-state index >= 15 is 0 Å². The highest BCUT2D eigenvalue weighted by Crippen LogP contribution is 2.33. The van der Waals surface area contributed by atoms with Crippen molar-refractivity contribution < 1.29 is 14.2 Å². The van der Waals surface area contributed by atoms with Gasteiger partial charge in [0, 0.05) is 23.6 Å². The molecule has 0 radical (unpaired) electrons. The zero-order chi connectivity index (χ0) is 23.5. The minimum absolute atomic E-state index is 0.0712. The van der Waals surface area contributed by atoms with Crippen LogP contribution in [0.2, 0.25) is 0 Å². The summed E-state index contributed by atoms with van der Waals surface area (Å²) in [5.41, 5.74) is 1.57. The quantitative estimate of drug-likeness (QED) is 0.378. The van der Waals surface area contributed by atoms with Gasteiger partial charge in [-0.3, -0.25) is 9.59 Å². The minimum Gasteiger partial charge on any atom is -0.502 e. The molecule has 6 nitrogen and oxygen atoms in total. The number of ether oxygens (including phenoxy) is 1. The Morgan fingerprint density at radius 1 is 0.970 bits per heavy atom. The molecule has 1 unspecified atom stereocenters. The molecular weight excluding hydrogens is 423 g/mol. The van der Waals surface area contributed by atoms with Crippen molar-refractivity contribution in [2.24, 2.45) is 0 Å². The Hall–Kier alpha value is -4.13. The molecule has 0 amide bonds. The van der Waals surface area contributed by atoms with E-state index in [1.807, 2.05) is 42.5 Å². The molecule has 0 aliphatic rings. The predicted octanol–water partition coefficient (Wildman–Crippen LogP) is 4.82. The second kappa shape index (κ2) is 9.16. The van der Waals surface area contributed by atoms with E-state index in [9.17, 15) is 19.1 Å². The third kappa shape index (κ3) is 4.57. The number of halogens is 1. The van der Waals surface area contributed by atoms with Gasteiger partial charge in [0.15, 0.2) is 5.75 Å². The topological polar surface area (TPSA) is 78.9 Å². The number of hydrogen-bond donors (Lipinski definition) is 2. The maximum absolute atomic E-state index is 13.4. The van der Waals surface area contributed by atoms with Gasteiger partial charge in [-0.25, -0.2) is 4.39 Å². The van der Waals surface area contributed by atoms with Crippen molar-refractivity contribution in [2.45, 2.75) is 12.8 Å². The molecule has 7 heteroatoms. The van der Waals surface area contributed by atoms with Gasteiger partial charge in [-0.15, -0.1) is 0 Å². The third-order valence-corrected chi connectivity index (χ3v) is 5.59. The first-order valence-electron chi connectivity index (χ1n) is 10.4.